The van der Waals surface area contributed by atoms with Crippen molar-refractivity contribution >= 4 is 22.8 Å². The average Bonchev–Trinajstić information content (AvgIpc) is 3.16. The van der Waals surface area contributed by atoms with E-state index in [1.54, 1.807) is 18.9 Å². The minimum atomic E-state index is 0.459. The molecule has 0 radical (unpaired) electrons. The molecule has 0 saturated carbocycles. The van der Waals surface area contributed by atoms with E-state index in [0.29, 0.717) is 12.0 Å². The number of hydrogen-bond donors (Lipinski definition) is 2. The third kappa shape index (κ3) is 3.33. The zero-order valence-electron chi connectivity index (χ0n) is 12.4. The van der Waals surface area contributed by atoms with E-state index in [0.717, 1.165) is 47.3 Å². The number of fused-ring (bicyclic) bond motifs is 1. The summed E-state index contributed by atoms with van der Waals surface area (Å²) in [6.45, 7) is 1.75. The van der Waals surface area contributed by atoms with Gasteiger partial charge < -0.3 is 19.8 Å². The molecule has 2 atom stereocenters. The van der Waals surface area contributed by atoms with Gasteiger partial charge in [0.1, 0.15) is 5.75 Å². The second-order valence-corrected chi connectivity index (χ2v) is 6.26. The van der Waals surface area contributed by atoms with Gasteiger partial charge in [0, 0.05) is 30.4 Å². The zero-order valence-corrected chi connectivity index (χ0v) is 13.2. The second kappa shape index (κ2) is 6.68. The molecule has 2 heterocycles. The largest absolute Gasteiger partial charge is 0.497 e. The van der Waals surface area contributed by atoms with E-state index in [2.05, 4.69) is 15.3 Å². The zero-order chi connectivity index (χ0) is 14.7. The standard InChI is InChI=1S/C15H21N3O2S/c1-16-14(10-5-6-20-8-10)9-21-15-17-12-4-3-11(19-2)7-13(12)18-15/h3-4,7,10,14,16H,5-6,8-9H2,1-2H3,(H,17,18). The van der Waals surface area contributed by atoms with Crippen LogP contribution in [0.4, 0.5) is 0 Å². The molecule has 0 aliphatic carbocycles. The van der Waals surface area contributed by atoms with Crippen LogP contribution in [0.1, 0.15) is 6.42 Å². The maximum Gasteiger partial charge on any atom is 0.166 e. The predicted molar refractivity (Wildman–Crippen MR) is 85.1 cm³/mol. The van der Waals surface area contributed by atoms with Crippen molar-refractivity contribution in [3.05, 3.63) is 18.2 Å². The summed E-state index contributed by atoms with van der Waals surface area (Å²) in [6.07, 6.45) is 1.14. The topological polar surface area (TPSA) is 59.2 Å². The SMILES string of the molecule is CNC(CSc1nc2ccc(OC)cc2[nH]1)C1CCOC1. The first-order valence-electron chi connectivity index (χ1n) is 7.21. The van der Waals surface area contributed by atoms with E-state index in [1.165, 1.54) is 0 Å². The maximum absolute atomic E-state index is 5.48. The number of imidazole rings is 1. The third-order valence-corrected chi connectivity index (χ3v) is 4.96. The van der Waals surface area contributed by atoms with Gasteiger partial charge in [-0.15, -0.1) is 0 Å². The molecule has 0 amide bonds. The number of aromatic nitrogens is 2. The predicted octanol–water partition coefficient (Wildman–Crippen LogP) is 2.29. The third-order valence-electron chi connectivity index (χ3n) is 3.97. The minimum Gasteiger partial charge on any atom is -0.497 e. The average molecular weight is 307 g/mol. The van der Waals surface area contributed by atoms with Crippen LogP contribution in [-0.2, 0) is 4.74 Å². The van der Waals surface area contributed by atoms with Gasteiger partial charge in [0.05, 0.1) is 24.8 Å². The van der Waals surface area contributed by atoms with Crippen molar-refractivity contribution in [2.75, 3.05) is 33.1 Å². The van der Waals surface area contributed by atoms with E-state index >= 15 is 0 Å². The highest BCUT2D eigenvalue weighted by Crippen LogP contribution is 2.26. The molecule has 114 valence electrons. The lowest BCUT2D eigenvalue weighted by Gasteiger charge is -2.20. The van der Waals surface area contributed by atoms with Crippen LogP contribution in [0.25, 0.3) is 11.0 Å². The summed E-state index contributed by atoms with van der Waals surface area (Å²) in [4.78, 5) is 7.97. The number of methoxy groups -OCH3 is 1. The Hall–Kier alpha value is -1.24. The highest BCUT2D eigenvalue weighted by atomic mass is 32.2. The van der Waals surface area contributed by atoms with Crippen molar-refractivity contribution in [1.82, 2.24) is 15.3 Å². The number of benzene rings is 1. The van der Waals surface area contributed by atoms with Crippen molar-refractivity contribution in [3.63, 3.8) is 0 Å². The van der Waals surface area contributed by atoms with Gasteiger partial charge in [-0.3, -0.25) is 0 Å². The molecule has 6 heteroatoms. The molecular weight excluding hydrogens is 286 g/mol. The van der Waals surface area contributed by atoms with Gasteiger partial charge in [0.25, 0.3) is 0 Å². The summed E-state index contributed by atoms with van der Waals surface area (Å²) in [7, 11) is 3.70. The highest BCUT2D eigenvalue weighted by Gasteiger charge is 2.24. The molecular formula is C15H21N3O2S. The smallest absolute Gasteiger partial charge is 0.166 e. The number of rotatable bonds is 6. The number of nitrogens with one attached hydrogen (secondary N) is 2. The number of aromatic amines is 1. The van der Waals surface area contributed by atoms with Gasteiger partial charge in [0.2, 0.25) is 0 Å². The fourth-order valence-corrected chi connectivity index (χ4v) is 3.78. The van der Waals surface area contributed by atoms with Crippen LogP contribution in [0.3, 0.4) is 0 Å². The Balaban J connectivity index is 1.66. The van der Waals surface area contributed by atoms with Gasteiger partial charge >= 0.3 is 0 Å². The van der Waals surface area contributed by atoms with Gasteiger partial charge in [0.15, 0.2) is 5.16 Å². The maximum atomic E-state index is 5.48. The molecule has 2 unspecified atom stereocenters. The van der Waals surface area contributed by atoms with Crippen LogP contribution in [0.5, 0.6) is 5.75 Å². The second-order valence-electron chi connectivity index (χ2n) is 5.25. The Labute approximate surface area is 128 Å². The minimum absolute atomic E-state index is 0.459. The molecule has 1 aromatic heterocycles. The summed E-state index contributed by atoms with van der Waals surface area (Å²) in [5, 5.41) is 4.36. The normalized spacial score (nSPS) is 20.0. The Morgan fingerprint density at radius 3 is 3.19 bits per heavy atom. The molecule has 2 aromatic rings. The lowest BCUT2D eigenvalue weighted by atomic mass is 10.0. The number of ether oxygens (including phenoxy) is 2. The first-order valence-corrected chi connectivity index (χ1v) is 8.20. The van der Waals surface area contributed by atoms with Crippen LogP contribution in [-0.4, -0.2) is 49.1 Å². The van der Waals surface area contributed by atoms with E-state index in [4.69, 9.17) is 9.47 Å². The Morgan fingerprint density at radius 1 is 1.57 bits per heavy atom. The molecule has 0 bridgehead atoms. The monoisotopic (exact) mass is 307 g/mol. The summed E-state index contributed by atoms with van der Waals surface area (Å²) in [5.74, 6) is 2.44. The van der Waals surface area contributed by atoms with Crippen molar-refractivity contribution in [3.8, 4) is 5.75 Å². The molecule has 3 rings (SSSR count). The lowest BCUT2D eigenvalue weighted by molar-refractivity contribution is 0.180. The summed E-state index contributed by atoms with van der Waals surface area (Å²) >= 11 is 1.75. The Bertz CT molecular complexity index is 596. The molecule has 2 N–H and O–H groups in total. The van der Waals surface area contributed by atoms with Gasteiger partial charge in [-0.05, 0) is 25.6 Å². The van der Waals surface area contributed by atoms with Crippen molar-refractivity contribution in [2.45, 2.75) is 17.6 Å². The van der Waals surface area contributed by atoms with Gasteiger partial charge in [-0.2, -0.15) is 0 Å². The lowest BCUT2D eigenvalue weighted by Crippen LogP contribution is -2.36. The highest BCUT2D eigenvalue weighted by molar-refractivity contribution is 7.99. The van der Waals surface area contributed by atoms with E-state index < -0.39 is 0 Å². The van der Waals surface area contributed by atoms with Gasteiger partial charge in [-0.1, -0.05) is 11.8 Å². The molecule has 5 nitrogen and oxygen atoms in total. The van der Waals surface area contributed by atoms with Crippen LogP contribution in [0.2, 0.25) is 0 Å². The van der Waals surface area contributed by atoms with Crippen molar-refractivity contribution in [2.24, 2.45) is 5.92 Å². The number of nitrogens with zero attached hydrogens (tertiary/aromatic N) is 1. The van der Waals surface area contributed by atoms with Crippen molar-refractivity contribution < 1.29 is 9.47 Å². The molecule has 0 spiro atoms. The fraction of sp³-hybridized carbons (Fsp3) is 0.533. The molecule has 1 saturated heterocycles. The Kier molecular flexibility index (Phi) is 4.67. The van der Waals surface area contributed by atoms with Crippen LogP contribution < -0.4 is 10.1 Å². The molecule has 1 aromatic carbocycles. The Morgan fingerprint density at radius 2 is 2.48 bits per heavy atom. The first kappa shape index (κ1) is 14.7. The molecule has 21 heavy (non-hydrogen) atoms. The summed E-state index contributed by atoms with van der Waals surface area (Å²) in [6, 6.07) is 6.35. The van der Waals surface area contributed by atoms with Crippen LogP contribution in [0.15, 0.2) is 23.4 Å². The first-order chi connectivity index (χ1) is 10.3. The molecule has 1 aliphatic rings. The number of hydrogen-bond acceptors (Lipinski definition) is 5. The van der Waals surface area contributed by atoms with Gasteiger partial charge in [-0.25, -0.2) is 4.98 Å². The van der Waals surface area contributed by atoms with E-state index in [1.807, 2.05) is 25.2 Å². The van der Waals surface area contributed by atoms with E-state index in [-0.39, 0.29) is 0 Å². The fourth-order valence-electron chi connectivity index (χ4n) is 2.65. The number of thioether (sulfide) groups is 1. The van der Waals surface area contributed by atoms with E-state index in [9.17, 15) is 0 Å². The van der Waals surface area contributed by atoms with Crippen LogP contribution in [0, 0.1) is 5.92 Å². The molecule has 1 aliphatic heterocycles. The van der Waals surface area contributed by atoms with Crippen LogP contribution >= 0.6 is 11.8 Å². The number of H-pyrrole nitrogens is 1. The summed E-state index contributed by atoms with van der Waals surface area (Å²) in [5.41, 5.74) is 1.99. The summed E-state index contributed by atoms with van der Waals surface area (Å²) < 4.78 is 10.7. The quantitative estimate of drug-likeness (QED) is 0.802. The molecule has 1 fully saturated rings. The van der Waals surface area contributed by atoms with Crippen molar-refractivity contribution in [1.29, 1.82) is 0 Å².